The molecule has 0 amide bonds. The standard InChI is InChI=1S/C63H95BN2S/c1-21-26-28-30-49(23-3)64(58-38-46-37-51-44(8)32-33-45(9)52(51)42-57(46)67-58)59-55(65-35-34-54(62(16,17)18)53(61(13,14)15)31-29-27-22-2)40-47(60(10,11)12)41-56(59)66-50(24-4)39-48(36-43(6)7)63(19,20)25-5/h22-24,27-31,34-35,37-39,41-45,55,65-66H,21,25-26,32-33,36,40H2,1-20H3/b27-22+,30-28-,31-29+,35-34+,48-39+,49-23+,50-24+,54-53-. The lowest BCUT2D eigenvalue weighted by molar-refractivity contribution is 0.396. The van der Waals surface area contributed by atoms with Crippen LogP contribution in [0.2, 0.25) is 0 Å². The van der Waals surface area contributed by atoms with E-state index >= 15 is 0 Å². The molecule has 366 valence electrons. The number of benzene rings is 1. The van der Waals surface area contributed by atoms with Crippen LogP contribution in [-0.2, 0) is 0 Å². The number of hydrogen-bond acceptors (Lipinski definition) is 3. The van der Waals surface area contributed by atoms with Gasteiger partial charge in [0.15, 0.2) is 0 Å². The molecule has 2 aliphatic rings. The first-order valence-corrected chi connectivity index (χ1v) is 27.1. The molecule has 2 nitrogen and oxygen atoms in total. The fourth-order valence-corrected chi connectivity index (χ4v) is 11.1. The Labute approximate surface area is 417 Å². The van der Waals surface area contributed by atoms with Crippen molar-refractivity contribution in [3.05, 3.63) is 147 Å². The lowest BCUT2D eigenvalue weighted by Crippen LogP contribution is -2.46. The van der Waals surface area contributed by atoms with Crippen LogP contribution in [0.5, 0.6) is 0 Å². The molecule has 0 bridgehead atoms. The van der Waals surface area contributed by atoms with E-state index in [9.17, 15) is 0 Å². The first-order valence-electron chi connectivity index (χ1n) is 26.3. The molecule has 3 atom stereocenters. The summed E-state index contributed by atoms with van der Waals surface area (Å²) in [5.74, 6) is 1.75. The Balaban J connectivity index is 2.16. The second-order valence-corrected chi connectivity index (χ2v) is 25.2. The molecule has 0 radical (unpaired) electrons. The maximum absolute atomic E-state index is 4.22. The number of fused-ring (bicyclic) bond motifs is 2. The zero-order valence-electron chi connectivity index (χ0n) is 46.4. The van der Waals surface area contributed by atoms with Gasteiger partial charge in [0.05, 0.1) is 0 Å². The quantitative estimate of drug-likeness (QED) is 0.115. The van der Waals surface area contributed by atoms with Crippen molar-refractivity contribution < 1.29 is 0 Å². The molecule has 3 unspecified atom stereocenters. The molecule has 2 aromatic rings. The van der Waals surface area contributed by atoms with E-state index in [1.54, 1.807) is 11.1 Å². The highest BCUT2D eigenvalue weighted by atomic mass is 32.1. The number of nitrogens with one attached hydrogen (secondary N) is 2. The van der Waals surface area contributed by atoms with E-state index in [-0.39, 0.29) is 34.4 Å². The Morgan fingerprint density at radius 1 is 0.806 bits per heavy atom. The molecule has 0 saturated heterocycles. The molecule has 2 aliphatic carbocycles. The Bertz CT molecular complexity index is 2270. The van der Waals surface area contributed by atoms with Gasteiger partial charge in [-0.05, 0) is 179 Å². The molecular weight excluding hydrogens is 828 g/mol. The first kappa shape index (κ1) is 55.8. The number of thiophene rings is 1. The number of hydrogen-bond donors (Lipinski definition) is 2. The van der Waals surface area contributed by atoms with E-state index in [0.29, 0.717) is 17.8 Å². The Morgan fingerprint density at radius 3 is 1.97 bits per heavy atom. The molecule has 4 heteroatoms. The molecule has 4 rings (SSSR count). The van der Waals surface area contributed by atoms with E-state index in [0.717, 1.165) is 32.1 Å². The summed E-state index contributed by atoms with van der Waals surface area (Å²) in [5, 5.41) is 9.79. The molecule has 1 heterocycles. The van der Waals surface area contributed by atoms with E-state index < -0.39 is 0 Å². The van der Waals surface area contributed by atoms with Crippen molar-refractivity contribution in [1.82, 2.24) is 10.6 Å². The van der Waals surface area contributed by atoms with E-state index in [2.05, 4.69) is 240 Å². The van der Waals surface area contributed by atoms with Gasteiger partial charge < -0.3 is 10.6 Å². The molecular formula is C63H95BN2S. The van der Waals surface area contributed by atoms with Crippen LogP contribution >= 0.6 is 11.3 Å². The second-order valence-electron chi connectivity index (χ2n) is 24.1. The van der Waals surface area contributed by atoms with Gasteiger partial charge in [-0.25, -0.2) is 0 Å². The van der Waals surface area contributed by atoms with Crippen molar-refractivity contribution in [2.75, 3.05) is 0 Å². The Hall–Kier alpha value is -3.76. The topological polar surface area (TPSA) is 24.1 Å². The van der Waals surface area contributed by atoms with Gasteiger partial charge in [0.25, 0.3) is 6.71 Å². The maximum atomic E-state index is 4.22. The summed E-state index contributed by atoms with van der Waals surface area (Å²) in [6, 6.07) is 7.71. The third-order valence-corrected chi connectivity index (χ3v) is 15.7. The molecule has 0 saturated carbocycles. The van der Waals surface area contributed by atoms with Crippen LogP contribution in [0.15, 0.2) is 136 Å². The molecule has 1 aromatic carbocycles. The van der Waals surface area contributed by atoms with Gasteiger partial charge in [-0.1, -0.05) is 189 Å². The van der Waals surface area contributed by atoms with Gasteiger partial charge in [0, 0.05) is 22.1 Å². The minimum Gasteiger partial charge on any atom is -0.385 e. The third-order valence-electron chi connectivity index (χ3n) is 14.6. The Morgan fingerprint density at radius 2 is 1.43 bits per heavy atom. The van der Waals surface area contributed by atoms with Crippen molar-refractivity contribution >= 4 is 32.9 Å². The minimum absolute atomic E-state index is 0.0261. The van der Waals surface area contributed by atoms with E-state index in [1.165, 1.54) is 72.3 Å². The van der Waals surface area contributed by atoms with Crippen molar-refractivity contribution in [1.29, 1.82) is 0 Å². The molecule has 0 spiro atoms. The lowest BCUT2D eigenvalue weighted by Gasteiger charge is -2.37. The number of unbranched alkanes of at least 4 members (excludes halogenated alkanes) is 1. The van der Waals surface area contributed by atoms with Gasteiger partial charge in [-0.3, -0.25) is 0 Å². The molecule has 0 aliphatic heterocycles. The van der Waals surface area contributed by atoms with Gasteiger partial charge in [-0.15, -0.1) is 11.3 Å². The van der Waals surface area contributed by atoms with Crippen LogP contribution < -0.4 is 15.4 Å². The average Bonchev–Trinajstić information content (AvgIpc) is 3.66. The highest BCUT2D eigenvalue weighted by molar-refractivity contribution is 7.30. The summed E-state index contributed by atoms with van der Waals surface area (Å²) in [6.07, 6.45) is 35.9. The molecule has 67 heavy (non-hydrogen) atoms. The zero-order valence-corrected chi connectivity index (χ0v) is 47.2. The van der Waals surface area contributed by atoms with Crippen LogP contribution in [0.3, 0.4) is 0 Å². The highest BCUT2D eigenvalue weighted by Gasteiger charge is 2.38. The van der Waals surface area contributed by atoms with Crippen LogP contribution in [0.1, 0.15) is 206 Å². The lowest BCUT2D eigenvalue weighted by atomic mass is 9.36. The summed E-state index contributed by atoms with van der Waals surface area (Å²) >= 11 is 2.01. The predicted octanol–water partition coefficient (Wildman–Crippen LogP) is 18.5. The normalized spacial score (nSPS) is 20.3. The monoisotopic (exact) mass is 923 g/mol. The van der Waals surface area contributed by atoms with Gasteiger partial charge >= 0.3 is 0 Å². The number of rotatable bonds is 18. The minimum atomic E-state index is -0.0709. The van der Waals surface area contributed by atoms with Crippen LogP contribution in [0.25, 0.3) is 10.1 Å². The summed E-state index contributed by atoms with van der Waals surface area (Å²) in [6.45, 7) is 46.9. The molecule has 2 N–H and O–H groups in total. The third kappa shape index (κ3) is 14.6. The summed E-state index contributed by atoms with van der Waals surface area (Å²) < 4.78 is 2.82. The highest BCUT2D eigenvalue weighted by Crippen LogP contribution is 2.44. The SMILES string of the molecule is C/C=C(\C=C/CCC)B(C1=C(NC(=C/C)/C=C(\CC(C)C)C(C)(C)CC)C=C(C(C)(C)C)CC1N/C=C/C(=C(\C=C\C=C\C)C(C)(C)C)C(C)(C)C)c1cc2cc3c(cc2s1)C(C)CCC3C. The average molecular weight is 923 g/mol. The fourth-order valence-electron chi connectivity index (χ4n) is 9.89. The van der Waals surface area contributed by atoms with Gasteiger partial charge in [-0.2, -0.15) is 0 Å². The maximum Gasteiger partial charge on any atom is 0.254 e. The first-order chi connectivity index (χ1) is 31.3. The van der Waals surface area contributed by atoms with E-state index in [1.807, 2.05) is 11.3 Å². The van der Waals surface area contributed by atoms with Gasteiger partial charge in [0.2, 0.25) is 0 Å². The zero-order chi connectivity index (χ0) is 50.1. The fraction of sp³-hybridized carbons (Fsp3) is 0.556. The Kier molecular flexibility index (Phi) is 19.8. The van der Waals surface area contributed by atoms with Crippen molar-refractivity contribution in [3.63, 3.8) is 0 Å². The van der Waals surface area contributed by atoms with Crippen LogP contribution in [0.4, 0.5) is 0 Å². The smallest absolute Gasteiger partial charge is 0.254 e. The van der Waals surface area contributed by atoms with Crippen molar-refractivity contribution in [3.8, 4) is 0 Å². The largest absolute Gasteiger partial charge is 0.385 e. The van der Waals surface area contributed by atoms with Crippen LogP contribution in [0, 0.1) is 27.6 Å². The van der Waals surface area contributed by atoms with Crippen LogP contribution in [-0.4, -0.2) is 12.8 Å². The molecule has 1 aromatic heterocycles. The van der Waals surface area contributed by atoms with Crippen molar-refractivity contribution in [2.45, 2.75) is 201 Å². The second kappa shape index (κ2) is 23.7. The summed E-state index contributed by atoms with van der Waals surface area (Å²) in [4.78, 5) is 0. The van der Waals surface area contributed by atoms with Crippen molar-refractivity contribution in [2.24, 2.45) is 27.6 Å². The van der Waals surface area contributed by atoms with E-state index in [4.69, 9.17) is 0 Å². The van der Waals surface area contributed by atoms with Gasteiger partial charge in [0.1, 0.15) is 0 Å². The summed E-state index contributed by atoms with van der Waals surface area (Å²) in [5.41, 5.74) is 13.9. The summed E-state index contributed by atoms with van der Waals surface area (Å²) in [7, 11) is 0. The number of allylic oxidation sites excluding steroid dienone is 15. The molecule has 0 fully saturated rings. The predicted molar refractivity (Wildman–Crippen MR) is 305 cm³/mol.